The molecule has 2 rings (SSSR count). The van der Waals surface area contributed by atoms with E-state index in [4.69, 9.17) is 4.74 Å². The molecule has 0 aliphatic heterocycles. The van der Waals surface area contributed by atoms with Crippen LogP contribution in [0.1, 0.15) is 35.6 Å². The van der Waals surface area contributed by atoms with E-state index in [1.54, 1.807) is 31.2 Å². The summed E-state index contributed by atoms with van der Waals surface area (Å²) >= 11 is 0. The molecule has 1 aromatic heterocycles. The molecule has 0 saturated heterocycles. The maximum absolute atomic E-state index is 11.9. The summed E-state index contributed by atoms with van der Waals surface area (Å²) < 4.78 is 6.87. The van der Waals surface area contributed by atoms with Crippen LogP contribution in [0.2, 0.25) is 0 Å². The first-order valence-corrected chi connectivity index (χ1v) is 6.73. The highest BCUT2D eigenvalue weighted by Crippen LogP contribution is 2.14. The molecule has 5 heteroatoms. The summed E-state index contributed by atoms with van der Waals surface area (Å²) in [7, 11) is 0. The maximum Gasteiger partial charge on any atom is 0.338 e. The second-order valence-corrected chi connectivity index (χ2v) is 5.04. The van der Waals surface area contributed by atoms with Gasteiger partial charge in [-0.05, 0) is 58.0 Å². The Hall–Kier alpha value is -2.43. The molecule has 5 nitrogen and oxygen atoms in total. The van der Waals surface area contributed by atoms with Crippen LogP contribution in [0.3, 0.4) is 0 Å². The molecule has 2 aromatic rings. The average molecular weight is 286 g/mol. The van der Waals surface area contributed by atoms with E-state index in [1.807, 2.05) is 24.6 Å². The molecule has 0 saturated carbocycles. The number of hydrogen-bond donors (Lipinski definition) is 0. The Morgan fingerprint density at radius 3 is 2.29 bits per heavy atom. The van der Waals surface area contributed by atoms with Gasteiger partial charge in [-0.25, -0.2) is 9.48 Å². The molecule has 110 valence electrons. The van der Waals surface area contributed by atoms with Gasteiger partial charge in [-0.1, -0.05) is 0 Å². The van der Waals surface area contributed by atoms with Gasteiger partial charge in [0.2, 0.25) is 0 Å². The predicted molar refractivity (Wildman–Crippen MR) is 78.6 cm³/mol. The number of carbonyl (C=O) groups excluding carboxylic acids is 2. The predicted octanol–water partition coefficient (Wildman–Crippen LogP) is 2.62. The summed E-state index contributed by atoms with van der Waals surface area (Å²) in [6.45, 7) is 6.85. The Labute approximate surface area is 123 Å². The third-order valence-corrected chi connectivity index (χ3v) is 3.21. The number of hydrogen-bond acceptors (Lipinski definition) is 4. The lowest BCUT2D eigenvalue weighted by molar-refractivity contribution is -0.124. The number of aryl methyl sites for hydroxylation is 2. The molecule has 1 aromatic carbocycles. The summed E-state index contributed by atoms with van der Waals surface area (Å²) in [6.07, 6.45) is -0.729. The van der Waals surface area contributed by atoms with Crippen LogP contribution in [0.5, 0.6) is 0 Å². The number of ether oxygens (including phenoxy) is 1. The second kappa shape index (κ2) is 5.91. The molecule has 1 unspecified atom stereocenters. The van der Waals surface area contributed by atoms with Gasteiger partial charge < -0.3 is 4.74 Å². The normalized spacial score (nSPS) is 12.0. The van der Waals surface area contributed by atoms with E-state index in [-0.39, 0.29) is 5.78 Å². The molecule has 1 heterocycles. The molecule has 0 aliphatic carbocycles. The number of ketones is 1. The molecular formula is C16H18N2O3. The van der Waals surface area contributed by atoms with Crippen LogP contribution in [0.15, 0.2) is 30.3 Å². The number of Topliss-reactive ketones (excluding diaryl/α,β-unsaturated/α-hetero) is 1. The fourth-order valence-corrected chi connectivity index (χ4v) is 1.94. The minimum atomic E-state index is -0.729. The van der Waals surface area contributed by atoms with Crippen molar-refractivity contribution < 1.29 is 14.3 Å². The van der Waals surface area contributed by atoms with Crippen molar-refractivity contribution >= 4 is 11.8 Å². The van der Waals surface area contributed by atoms with Crippen molar-refractivity contribution in [1.29, 1.82) is 0 Å². The largest absolute Gasteiger partial charge is 0.451 e. The smallest absolute Gasteiger partial charge is 0.338 e. The first kappa shape index (κ1) is 15.0. The highest BCUT2D eigenvalue weighted by molar-refractivity contribution is 5.92. The van der Waals surface area contributed by atoms with Crippen LogP contribution in [-0.4, -0.2) is 27.6 Å². The van der Waals surface area contributed by atoms with Crippen LogP contribution < -0.4 is 0 Å². The highest BCUT2D eigenvalue weighted by atomic mass is 16.5. The first-order chi connectivity index (χ1) is 9.88. The molecule has 0 amide bonds. The molecule has 0 radical (unpaired) electrons. The summed E-state index contributed by atoms with van der Waals surface area (Å²) in [6, 6.07) is 8.92. The Morgan fingerprint density at radius 2 is 1.81 bits per heavy atom. The molecule has 0 aliphatic rings. The van der Waals surface area contributed by atoms with E-state index in [9.17, 15) is 9.59 Å². The molecule has 0 N–H and O–H groups in total. The van der Waals surface area contributed by atoms with Crippen LogP contribution in [0.25, 0.3) is 5.69 Å². The quantitative estimate of drug-likeness (QED) is 0.811. The molecule has 0 fully saturated rings. The van der Waals surface area contributed by atoms with Crippen molar-refractivity contribution in [2.75, 3.05) is 0 Å². The Balaban J connectivity index is 2.17. The van der Waals surface area contributed by atoms with E-state index >= 15 is 0 Å². The van der Waals surface area contributed by atoms with Gasteiger partial charge in [-0.2, -0.15) is 5.10 Å². The minimum absolute atomic E-state index is 0.178. The number of carbonyl (C=O) groups is 2. The Bertz CT molecular complexity index is 671. The van der Waals surface area contributed by atoms with Crippen molar-refractivity contribution in [3.63, 3.8) is 0 Å². The summed E-state index contributed by atoms with van der Waals surface area (Å²) in [5.74, 6) is -0.680. The Kier molecular flexibility index (Phi) is 4.21. The topological polar surface area (TPSA) is 61.2 Å². The maximum atomic E-state index is 11.9. The van der Waals surface area contributed by atoms with E-state index < -0.39 is 12.1 Å². The van der Waals surface area contributed by atoms with Gasteiger partial charge in [-0.3, -0.25) is 4.79 Å². The van der Waals surface area contributed by atoms with Crippen LogP contribution >= 0.6 is 0 Å². The third kappa shape index (κ3) is 3.37. The zero-order valence-corrected chi connectivity index (χ0v) is 12.6. The SMILES string of the molecule is CC(=O)C(C)OC(=O)c1ccc(-n2nc(C)cc2C)cc1. The van der Waals surface area contributed by atoms with E-state index in [0.29, 0.717) is 5.56 Å². The lowest BCUT2D eigenvalue weighted by Crippen LogP contribution is -2.21. The molecule has 21 heavy (non-hydrogen) atoms. The van der Waals surface area contributed by atoms with Gasteiger partial charge in [0.15, 0.2) is 11.9 Å². The molecule has 0 spiro atoms. The highest BCUT2D eigenvalue weighted by Gasteiger charge is 2.15. The van der Waals surface area contributed by atoms with Gasteiger partial charge >= 0.3 is 5.97 Å². The number of rotatable bonds is 4. The van der Waals surface area contributed by atoms with Gasteiger partial charge in [0.1, 0.15) is 0 Å². The number of nitrogens with zero attached hydrogens (tertiary/aromatic N) is 2. The molecule has 0 bridgehead atoms. The lowest BCUT2D eigenvalue weighted by atomic mass is 10.2. The van der Waals surface area contributed by atoms with Gasteiger partial charge in [0.25, 0.3) is 0 Å². The summed E-state index contributed by atoms with van der Waals surface area (Å²) in [4.78, 5) is 23.0. The van der Waals surface area contributed by atoms with E-state index in [1.165, 1.54) is 6.92 Å². The fraction of sp³-hybridized carbons (Fsp3) is 0.312. The fourth-order valence-electron chi connectivity index (χ4n) is 1.94. The van der Waals surface area contributed by atoms with Gasteiger partial charge in [0, 0.05) is 5.69 Å². The molecule has 1 atom stereocenters. The van der Waals surface area contributed by atoms with Gasteiger partial charge in [-0.15, -0.1) is 0 Å². The number of benzene rings is 1. The van der Waals surface area contributed by atoms with E-state index in [0.717, 1.165) is 17.1 Å². The van der Waals surface area contributed by atoms with Crippen molar-refractivity contribution in [2.24, 2.45) is 0 Å². The second-order valence-electron chi connectivity index (χ2n) is 5.04. The zero-order valence-electron chi connectivity index (χ0n) is 12.6. The Morgan fingerprint density at radius 1 is 1.19 bits per heavy atom. The first-order valence-electron chi connectivity index (χ1n) is 6.73. The monoisotopic (exact) mass is 286 g/mol. The van der Waals surface area contributed by atoms with Crippen LogP contribution in [0, 0.1) is 13.8 Å². The minimum Gasteiger partial charge on any atom is -0.451 e. The van der Waals surface area contributed by atoms with Crippen molar-refractivity contribution in [1.82, 2.24) is 9.78 Å². The lowest BCUT2D eigenvalue weighted by Gasteiger charge is -2.10. The third-order valence-electron chi connectivity index (χ3n) is 3.21. The number of aromatic nitrogens is 2. The van der Waals surface area contributed by atoms with Crippen molar-refractivity contribution in [2.45, 2.75) is 33.8 Å². The number of esters is 1. The van der Waals surface area contributed by atoms with Crippen LogP contribution in [-0.2, 0) is 9.53 Å². The average Bonchev–Trinajstić information content (AvgIpc) is 2.77. The van der Waals surface area contributed by atoms with Crippen molar-refractivity contribution in [3.05, 3.63) is 47.3 Å². The molecular weight excluding hydrogens is 268 g/mol. The van der Waals surface area contributed by atoms with Crippen molar-refractivity contribution in [3.8, 4) is 5.69 Å². The standard InChI is InChI=1S/C16H18N2O3/c1-10-9-11(2)18(17-10)15-7-5-14(6-8-15)16(20)21-13(4)12(3)19/h5-9,13H,1-4H3. The summed E-state index contributed by atoms with van der Waals surface area (Å²) in [5, 5.41) is 4.38. The van der Waals surface area contributed by atoms with Gasteiger partial charge in [0.05, 0.1) is 16.9 Å². The van der Waals surface area contributed by atoms with E-state index in [2.05, 4.69) is 5.10 Å². The van der Waals surface area contributed by atoms with Crippen LogP contribution in [0.4, 0.5) is 0 Å². The summed E-state index contributed by atoms with van der Waals surface area (Å²) in [5.41, 5.74) is 3.24. The zero-order chi connectivity index (χ0) is 15.6.